The van der Waals surface area contributed by atoms with Gasteiger partial charge in [-0.05, 0) is 42.5 Å². The van der Waals surface area contributed by atoms with Crippen LogP contribution in [0.3, 0.4) is 0 Å². The second-order valence-electron chi connectivity index (χ2n) is 7.51. The van der Waals surface area contributed by atoms with E-state index in [1.54, 1.807) is 43.0 Å². The van der Waals surface area contributed by atoms with E-state index in [0.717, 1.165) is 25.9 Å². The number of carboxylic acid groups (broad SMARTS) is 1. The van der Waals surface area contributed by atoms with E-state index in [1.807, 2.05) is 0 Å². The summed E-state index contributed by atoms with van der Waals surface area (Å²) < 4.78 is 5.50. The highest BCUT2D eigenvalue weighted by Crippen LogP contribution is 2.58. The Hall–Kier alpha value is -2.57. The number of anilines is 1. The lowest BCUT2D eigenvalue weighted by Crippen LogP contribution is -2.32. The summed E-state index contributed by atoms with van der Waals surface area (Å²) >= 11 is 0. The van der Waals surface area contributed by atoms with E-state index in [1.165, 1.54) is 0 Å². The highest BCUT2D eigenvalue weighted by molar-refractivity contribution is 5.99. The smallest absolute Gasteiger partial charge is 0.307 e. The number of likely N-dealkylation sites (tertiary alicyclic amines) is 1. The van der Waals surface area contributed by atoms with Crippen LogP contribution in [0.1, 0.15) is 26.7 Å². The normalized spacial score (nSPS) is 23.4. The van der Waals surface area contributed by atoms with Crippen LogP contribution >= 0.6 is 0 Å². The molecule has 1 heterocycles. The molecule has 1 aliphatic carbocycles. The van der Waals surface area contributed by atoms with Gasteiger partial charge in [-0.15, -0.1) is 0 Å². The van der Waals surface area contributed by atoms with Gasteiger partial charge < -0.3 is 20.1 Å². The van der Waals surface area contributed by atoms with Crippen molar-refractivity contribution >= 4 is 23.5 Å². The molecule has 3 rings (SSSR count). The van der Waals surface area contributed by atoms with E-state index in [-0.39, 0.29) is 18.4 Å². The van der Waals surface area contributed by atoms with E-state index in [9.17, 15) is 14.4 Å². The molecule has 2 N–H and O–H groups in total. The molecular weight excluding hydrogens is 336 g/mol. The minimum absolute atomic E-state index is 0.00224. The zero-order chi connectivity index (χ0) is 18.9. The summed E-state index contributed by atoms with van der Waals surface area (Å²) in [4.78, 5) is 37.2. The lowest BCUT2D eigenvalue weighted by atomic mass is 10.1. The van der Waals surface area contributed by atoms with Gasteiger partial charge in [-0.1, -0.05) is 13.8 Å². The van der Waals surface area contributed by atoms with Crippen molar-refractivity contribution in [3.8, 4) is 5.75 Å². The number of nitrogens with one attached hydrogen (secondary N) is 1. The van der Waals surface area contributed by atoms with Crippen LogP contribution in [0.4, 0.5) is 5.69 Å². The third-order valence-corrected chi connectivity index (χ3v) is 5.32. The van der Waals surface area contributed by atoms with E-state index in [4.69, 9.17) is 9.84 Å². The van der Waals surface area contributed by atoms with Crippen LogP contribution in [-0.2, 0) is 14.4 Å². The molecule has 2 atom stereocenters. The standard InChI is InChI=1S/C19H24N2O5/c1-19(2)15(16(19)18(24)25)17(23)20-12-5-7-13(8-6-12)26-11-14(22)21-9-3-4-10-21/h5-8,15-16H,3-4,9-11H2,1-2H3,(H,20,23)(H,24,25)/t15-,16-/m1/s1. The quantitative estimate of drug-likeness (QED) is 0.809. The number of hydrogen-bond acceptors (Lipinski definition) is 4. The van der Waals surface area contributed by atoms with Crippen molar-refractivity contribution in [2.45, 2.75) is 26.7 Å². The summed E-state index contributed by atoms with van der Waals surface area (Å²) in [5, 5.41) is 11.9. The van der Waals surface area contributed by atoms with Crippen molar-refractivity contribution in [1.29, 1.82) is 0 Å². The molecule has 1 aromatic carbocycles. The number of benzene rings is 1. The zero-order valence-corrected chi connectivity index (χ0v) is 15.0. The fourth-order valence-corrected chi connectivity index (χ4v) is 3.65. The van der Waals surface area contributed by atoms with Gasteiger partial charge in [0.05, 0.1) is 11.8 Å². The molecule has 0 aromatic heterocycles. The van der Waals surface area contributed by atoms with Crippen LogP contribution in [-0.4, -0.2) is 47.5 Å². The van der Waals surface area contributed by atoms with Crippen molar-refractivity contribution in [2.24, 2.45) is 17.3 Å². The van der Waals surface area contributed by atoms with Crippen molar-refractivity contribution in [1.82, 2.24) is 4.90 Å². The number of amides is 2. The fraction of sp³-hybridized carbons (Fsp3) is 0.526. The summed E-state index contributed by atoms with van der Waals surface area (Å²) in [6.07, 6.45) is 2.08. The lowest BCUT2D eigenvalue weighted by molar-refractivity contribution is -0.140. The number of carbonyl (C=O) groups is 3. The molecule has 0 unspecified atom stereocenters. The first-order chi connectivity index (χ1) is 12.3. The first kappa shape index (κ1) is 18.2. The SMILES string of the molecule is CC1(C)[C@@H](C(=O)O)[C@@H]1C(=O)Nc1ccc(OCC(=O)N2CCCC2)cc1. The maximum absolute atomic E-state index is 12.3. The fourth-order valence-electron chi connectivity index (χ4n) is 3.65. The Balaban J connectivity index is 1.51. The van der Waals surface area contributed by atoms with Gasteiger partial charge in [0.15, 0.2) is 6.61 Å². The molecule has 7 nitrogen and oxygen atoms in total. The second-order valence-corrected chi connectivity index (χ2v) is 7.51. The molecule has 2 amide bonds. The van der Waals surface area contributed by atoms with Crippen LogP contribution < -0.4 is 10.1 Å². The average Bonchev–Trinajstić information content (AvgIpc) is 2.96. The van der Waals surface area contributed by atoms with Crippen molar-refractivity contribution in [3.05, 3.63) is 24.3 Å². The predicted octanol–water partition coefficient (Wildman–Crippen LogP) is 1.98. The number of hydrogen-bond donors (Lipinski definition) is 2. The number of rotatable bonds is 6. The van der Waals surface area contributed by atoms with Crippen LogP contribution in [0.5, 0.6) is 5.75 Å². The first-order valence-electron chi connectivity index (χ1n) is 8.85. The first-order valence-corrected chi connectivity index (χ1v) is 8.85. The van der Waals surface area contributed by atoms with Gasteiger partial charge in [0.1, 0.15) is 5.75 Å². The van der Waals surface area contributed by atoms with E-state index >= 15 is 0 Å². The Kier molecular flexibility index (Phi) is 4.89. The highest BCUT2D eigenvalue weighted by atomic mass is 16.5. The number of carbonyl (C=O) groups excluding carboxylic acids is 2. The Morgan fingerprint density at radius 3 is 2.31 bits per heavy atom. The van der Waals surface area contributed by atoms with Gasteiger partial charge in [0, 0.05) is 18.8 Å². The Morgan fingerprint density at radius 1 is 1.15 bits per heavy atom. The van der Waals surface area contributed by atoms with E-state index in [0.29, 0.717) is 11.4 Å². The number of aliphatic carboxylic acids is 1. The Labute approximate surface area is 152 Å². The Morgan fingerprint density at radius 2 is 1.77 bits per heavy atom. The van der Waals surface area contributed by atoms with Gasteiger partial charge in [0.25, 0.3) is 5.91 Å². The van der Waals surface area contributed by atoms with Crippen LogP contribution in [0.2, 0.25) is 0 Å². The Bertz CT molecular complexity index is 707. The number of carboxylic acids is 1. The molecule has 0 radical (unpaired) electrons. The van der Waals surface area contributed by atoms with E-state index in [2.05, 4.69) is 5.32 Å². The third kappa shape index (κ3) is 3.66. The van der Waals surface area contributed by atoms with Crippen molar-refractivity contribution in [2.75, 3.05) is 25.0 Å². The molecule has 1 aromatic rings. The summed E-state index contributed by atoms with van der Waals surface area (Å²) in [6.45, 7) is 5.15. The van der Waals surface area contributed by atoms with Crippen molar-refractivity contribution in [3.63, 3.8) is 0 Å². The summed E-state index contributed by atoms with van der Waals surface area (Å²) in [7, 11) is 0. The van der Waals surface area contributed by atoms with Gasteiger partial charge in [-0.25, -0.2) is 0 Å². The molecule has 2 aliphatic rings. The van der Waals surface area contributed by atoms with E-state index < -0.39 is 23.2 Å². The molecule has 0 bridgehead atoms. The zero-order valence-electron chi connectivity index (χ0n) is 15.0. The topological polar surface area (TPSA) is 95.9 Å². The van der Waals surface area contributed by atoms with Crippen LogP contribution in [0, 0.1) is 17.3 Å². The maximum Gasteiger partial charge on any atom is 0.307 e. The highest BCUT2D eigenvalue weighted by Gasteiger charge is 2.65. The monoisotopic (exact) mass is 360 g/mol. The molecule has 1 saturated carbocycles. The summed E-state index contributed by atoms with van der Waals surface area (Å²) in [6, 6.07) is 6.72. The largest absolute Gasteiger partial charge is 0.484 e. The maximum atomic E-state index is 12.3. The molecule has 7 heteroatoms. The van der Waals surface area contributed by atoms with Crippen LogP contribution in [0.15, 0.2) is 24.3 Å². The van der Waals surface area contributed by atoms with Crippen molar-refractivity contribution < 1.29 is 24.2 Å². The molecule has 2 fully saturated rings. The molecule has 1 aliphatic heterocycles. The second kappa shape index (κ2) is 6.97. The summed E-state index contributed by atoms with van der Waals surface area (Å²) in [5.74, 6) is -1.89. The molecule has 1 saturated heterocycles. The van der Waals surface area contributed by atoms with Crippen LogP contribution in [0.25, 0.3) is 0 Å². The minimum atomic E-state index is -0.943. The lowest BCUT2D eigenvalue weighted by Gasteiger charge is -2.15. The molecule has 26 heavy (non-hydrogen) atoms. The molecular formula is C19H24N2O5. The molecule has 0 spiro atoms. The minimum Gasteiger partial charge on any atom is -0.484 e. The van der Waals surface area contributed by atoms with Gasteiger partial charge >= 0.3 is 5.97 Å². The number of nitrogens with zero attached hydrogens (tertiary/aromatic N) is 1. The van der Waals surface area contributed by atoms with Gasteiger partial charge in [-0.3, -0.25) is 14.4 Å². The summed E-state index contributed by atoms with van der Waals surface area (Å²) in [5.41, 5.74) is 0.0367. The predicted molar refractivity (Wildman–Crippen MR) is 94.8 cm³/mol. The molecule has 140 valence electrons. The van der Waals surface area contributed by atoms with Gasteiger partial charge in [-0.2, -0.15) is 0 Å². The third-order valence-electron chi connectivity index (χ3n) is 5.32. The average molecular weight is 360 g/mol. The van der Waals surface area contributed by atoms with Gasteiger partial charge in [0.2, 0.25) is 5.91 Å². The number of ether oxygens (including phenoxy) is 1.